The Labute approximate surface area is 173 Å². The molecule has 1 heterocycles. The Kier molecular flexibility index (Phi) is 7.71. The predicted octanol–water partition coefficient (Wildman–Crippen LogP) is 3.03. The Morgan fingerprint density at radius 1 is 1.11 bits per heavy atom. The number of amides is 1. The quantitative estimate of drug-likeness (QED) is 0.672. The van der Waals surface area contributed by atoms with Crippen molar-refractivity contribution in [1.29, 1.82) is 0 Å². The lowest BCUT2D eigenvalue weighted by Crippen LogP contribution is -2.44. The maximum absolute atomic E-state index is 12.3. The van der Waals surface area contributed by atoms with Crippen LogP contribution in [0.1, 0.15) is 11.6 Å². The third-order valence-electron chi connectivity index (χ3n) is 4.66. The fourth-order valence-corrected chi connectivity index (χ4v) is 3.38. The van der Waals surface area contributed by atoms with Gasteiger partial charge in [-0.3, -0.25) is 9.69 Å². The second-order valence-electron chi connectivity index (χ2n) is 6.48. The van der Waals surface area contributed by atoms with E-state index in [4.69, 9.17) is 14.2 Å². The van der Waals surface area contributed by atoms with Crippen molar-refractivity contribution in [3.05, 3.63) is 58.6 Å². The Morgan fingerprint density at radius 2 is 1.75 bits per heavy atom. The van der Waals surface area contributed by atoms with Crippen LogP contribution in [0.5, 0.6) is 11.5 Å². The Balaban J connectivity index is 1.58. The molecule has 0 aromatic heterocycles. The van der Waals surface area contributed by atoms with E-state index in [-0.39, 0.29) is 18.6 Å². The van der Waals surface area contributed by atoms with Gasteiger partial charge in [-0.05, 0) is 42.0 Å². The largest absolute Gasteiger partial charge is 0.497 e. The van der Waals surface area contributed by atoms with Crippen LogP contribution in [0.4, 0.5) is 0 Å². The van der Waals surface area contributed by atoms with Crippen LogP contribution in [0, 0.1) is 0 Å². The Hall–Kier alpha value is -2.09. The summed E-state index contributed by atoms with van der Waals surface area (Å²) in [5, 5.41) is 3.00. The summed E-state index contributed by atoms with van der Waals surface area (Å²) in [5.74, 6) is 1.34. The molecule has 0 bridgehead atoms. The molecule has 7 heteroatoms. The van der Waals surface area contributed by atoms with Crippen molar-refractivity contribution in [1.82, 2.24) is 10.2 Å². The van der Waals surface area contributed by atoms with Crippen LogP contribution < -0.4 is 14.8 Å². The average molecular weight is 449 g/mol. The van der Waals surface area contributed by atoms with Crippen LogP contribution in [0.2, 0.25) is 0 Å². The van der Waals surface area contributed by atoms with Crippen LogP contribution in [-0.4, -0.2) is 57.4 Å². The normalized spacial score (nSPS) is 15.6. The lowest BCUT2D eigenvalue weighted by atomic mass is 10.0. The Bertz CT molecular complexity index is 746. The van der Waals surface area contributed by atoms with E-state index in [1.807, 2.05) is 48.5 Å². The lowest BCUT2D eigenvalue weighted by molar-refractivity contribution is -0.123. The number of halogens is 1. The zero-order valence-corrected chi connectivity index (χ0v) is 17.5. The molecule has 3 rings (SSSR count). The second-order valence-corrected chi connectivity index (χ2v) is 7.40. The van der Waals surface area contributed by atoms with E-state index in [0.29, 0.717) is 25.5 Å². The lowest BCUT2D eigenvalue weighted by Gasteiger charge is -2.35. The molecule has 28 heavy (non-hydrogen) atoms. The minimum atomic E-state index is -0.144. The molecule has 1 aliphatic heterocycles. The maximum Gasteiger partial charge on any atom is 0.258 e. The van der Waals surface area contributed by atoms with E-state index >= 15 is 0 Å². The number of carbonyl (C=O) groups excluding carboxylic acids is 1. The van der Waals surface area contributed by atoms with E-state index < -0.39 is 0 Å². The molecule has 2 aromatic rings. The maximum atomic E-state index is 12.3. The fraction of sp³-hybridized carbons (Fsp3) is 0.381. The molecule has 1 fully saturated rings. The number of benzene rings is 2. The van der Waals surface area contributed by atoms with Gasteiger partial charge < -0.3 is 19.5 Å². The SMILES string of the molecule is COc1ccc([C@H](CNC(=O)COc2ccc(Br)cc2)N2CCOCC2)cc1. The summed E-state index contributed by atoms with van der Waals surface area (Å²) in [7, 11) is 1.65. The van der Waals surface area contributed by atoms with E-state index in [1.54, 1.807) is 7.11 Å². The molecule has 0 aliphatic carbocycles. The van der Waals surface area contributed by atoms with Gasteiger partial charge in [-0.1, -0.05) is 28.1 Å². The number of hydrogen-bond donors (Lipinski definition) is 1. The molecule has 1 N–H and O–H groups in total. The van der Waals surface area contributed by atoms with Crippen molar-refractivity contribution in [3.63, 3.8) is 0 Å². The molecule has 0 spiro atoms. The van der Waals surface area contributed by atoms with Gasteiger partial charge >= 0.3 is 0 Å². The number of ether oxygens (including phenoxy) is 3. The molecule has 1 atom stereocenters. The third kappa shape index (κ3) is 5.95. The van der Waals surface area contributed by atoms with Gasteiger partial charge in [-0.15, -0.1) is 0 Å². The van der Waals surface area contributed by atoms with Crippen LogP contribution in [0.3, 0.4) is 0 Å². The van der Waals surface area contributed by atoms with Crippen molar-refractivity contribution in [2.45, 2.75) is 6.04 Å². The first kappa shape index (κ1) is 20.6. The van der Waals surface area contributed by atoms with Crippen molar-refractivity contribution in [3.8, 4) is 11.5 Å². The van der Waals surface area contributed by atoms with E-state index in [9.17, 15) is 4.79 Å². The highest BCUT2D eigenvalue weighted by molar-refractivity contribution is 9.10. The number of nitrogens with one attached hydrogen (secondary N) is 1. The molecule has 0 radical (unpaired) electrons. The van der Waals surface area contributed by atoms with Gasteiger partial charge in [0.15, 0.2) is 6.61 Å². The van der Waals surface area contributed by atoms with Gasteiger partial charge in [0.2, 0.25) is 0 Å². The smallest absolute Gasteiger partial charge is 0.258 e. The van der Waals surface area contributed by atoms with Gasteiger partial charge in [0.25, 0.3) is 5.91 Å². The average Bonchev–Trinajstić information content (AvgIpc) is 2.74. The molecular weight excluding hydrogens is 424 g/mol. The third-order valence-corrected chi connectivity index (χ3v) is 5.19. The van der Waals surface area contributed by atoms with Gasteiger partial charge in [0.05, 0.1) is 26.4 Å². The van der Waals surface area contributed by atoms with Gasteiger partial charge in [0, 0.05) is 24.1 Å². The zero-order valence-electron chi connectivity index (χ0n) is 15.9. The van der Waals surface area contributed by atoms with Gasteiger partial charge in [0.1, 0.15) is 11.5 Å². The van der Waals surface area contributed by atoms with Crippen LogP contribution in [-0.2, 0) is 9.53 Å². The number of methoxy groups -OCH3 is 1. The molecule has 150 valence electrons. The minimum absolute atomic E-state index is 0.0138. The van der Waals surface area contributed by atoms with Crippen LogP contribution in [0.15, 0.2) is 53.0 Å². The fourth-order valence-electron chi connectivity index (χ4n) is 3.11. The zero-order chi connectivity index (χ0) is 19.8. The van der Waals surface area contributed by atoms with Crippen LogP contribution in [0.25, 0.3) is 0 Å². The summed E-state index contributed by atoms with van der Waals surface area (Å²) < 4.78 is 17.2. The van der Waals surface area contributed by atoms with E-state index in [0.717, 1.165) is 28.9 Å². The summed E-state index contributed by atoms with van der Waals surface area (Å²) >= 11 is 3.38. The number of morpholine rings is 1. The summed E-state index contributed by atoms with van der Waals surface area (Å²) in [6.07, 6.45) is 0. The summed E-state index contributed by atoms with van der Waals surface area (Å²) in [4.78, 5) is 14.6. The standard InChI is InChI=1S/C21H25BrN2O4/c1-26-18-6-2-16(3-7-18)20(24-10-12-27-13-11-24)14-23-21(25)15-28-19-8-4-17(22)5-9-19/h2-9,20H,10-15H2,1H3,(H,23,25)/t20-/m0/s1. The molecular formula is C21H25BrN2O4. The first-order valence-corrected chi connectivity index (χ1v) is 10.1. The number of carbonyl (C=O) groups is 1. The molecule has 0 unspecified atom stereocenters. The van der Waals surface area contributed by atoms with E-state index in [1.165, 1.54) is 0 Å². The molecule has 2 aromatic carbocycles. The number of hydrogen-bond acceptors (Lipinski definition) is 5. The highest BCUT2D eigenvalue weighted by Crippen LogP contribution is 2.23. The summed E-state index contributed by atoms with van der Waals surface area (Å²) in [6, 6.07) is 15.5. The summed E-state index contributed by atoms with van der Waals surface area (Å²) in [6.45, 7) is 3.57. The topological polar surface area (TPSA) is 60.0 Å². The summed E-state index contributed by atoms with van der Waals surface area (Å²) in [5.41, 5.74) is 1.14. The van der Waals surface area contributed by atoms with Crippen molar-refractivity contribution >= 4 is 21.8 Å². The van der Waals surface area contributed by atoms with Crippen molar-refractivity contribution in [2.75, 3.05) is 46.6 Å². The Morgan fingerprint density at radius 3 is 2.39 bits per heavy atom. The molecule has 6 nitrogen and oxygen atoms in total. The predicted molar refractivity (Wildman–Crippen MR) is 111 cm³/mol. The van der Waals surface area contributed by atoms with Gasteiger partial charge in [-0.2, -0.15) is 0 Å². The highest BCUT2D eigenvalue weighted by atomic mass is 79.9. The monoisotopic (exact) mass is 448 g/mol. The number of nitrogens with zero attached hydrogens (tertiary/aromatic N) is 1. The van der Waals surface area contributed by atoms with Crippen molar-refractivity contribution < 1.29 is 19.0 Å². The first-order valence-electron chi connectivity index (χ1n) is 9.26. The van der Waals surface area contributed by atoms with Crippen molar-refractivity contribution in [2.24, 2.45) is 0 Å². The van der Waals surface area contributed by atoms with E-state index in [2.05, 4.69) is 26.1 Å². The van der Waals surface area contributed by atoms with Gasteiger partial charge in [-0.25, -0.2) is 0 Å². The molecule has 1 amide bonds. The molecule has 1 saturated heterocycles. The highest BCUT2D eigenvalue weighted by Gasteiger charge is 2.23. The van der Waals surface area contributed by atoms with Crippen LogP contribution >= 0.6 is 15.9 Å². The second kappa shape index (κ2) is 10.5. The molecule has 0 saturated carbocycles. The minimum Gasteiger partial charge on any atom is -0.497 e. The molecule has 1 aliphatic rings. The number of rotatable bonds is 8. The first-order chi connectivity index (χ1) is 13.7.